The van der Waals surface area contributed by atoms with Crippen LogP contribution in [0.25, 0.3) is 0 Å². The quantitative estimate of drug-likeness (QED) is 0.495. The summed E-state index contributed by atoms with van der Waals surface area (Å²) in [6.45, 7) is 3.74. The summed E-state index contributed by atoms with van der Waals surface area (Å²) in [5, 5.41) is 0. The van der Waals surface area contributed by atoms with Crippen LogP contribution in [0.3, 0.4) is 0 Å². The lowest BCUT2D eigenvalue weighted by Gasteiger charge is -2.27. The van der Waals surface area contributed by atoms with Crippen molar-refractivity contribution in [1.29, 1.82) is 0 Å². The molecule has 0 saturated carbocycles. The van der Waals surface area contributed by atoms with Gasteiger partial charge in [-0.2, -0.15) is 0 Å². The summed E-state index contributed by atoms with van der Waals surface area (Å²) in [6, 6.07) is 7.87. The van der Waals surface area contributed by atoms with E-state index in [0.29, 0.717) is 25.7 Å². The summed E-state index contributed by atoms with van der Waals surface area (Å²) in [6.07, 6.45) is 3.72. The number of ether oxygens (including phenoxy) is 2. The summed E-state index contributed by atoms with van der Waals surface area (Å²) in [4.78, 5) is 6.54. The summed E-state index contributed by atoms with van der Waals surface area (Å²) in [5.74, 6) is 1.50. The Labute approximate surface area is 126 Å². The molecule has 0 bridgehead atoms. The fraction of sp³-hybridized carbons (Fsp3) is 0.562. The Hall–Kier alpha value is -1.75. The van der Waals surface area contributed by atoms with Gasteiger partial charge in [-0.3, -0.25) is 4.99 Å². The average Bonchev–Trinajstić information content (AvgIpc) is 2.55. The highest BCUT2D eigenvalue weighted by Crippen LogP contribution is 2.17. The van der Waals surface area contributed by atoms with Crippen molar-refractivity contribution in [2.24, 2.45) is 10.7 Å². The van der Waals surface area contributed by atoms with Crippen molar-refractivity contribution >= 4 is 5.96 Å². The topological polar surface area (TPSA) is 60.1 Å². The van der Waals surface area contributed by atoms with Gasteiger partial charge in [0.2, 0.25) is 0 Å². The summed E-state index contributed by atoms with van der Waals surface area (Å²) >= 11 is 0. The van der Waals surface area contributed by atoms with Crippen LogP contribution >= 0.6 is 0 Å². The van der Waals surface area contributed by atoms with Crippen molar-refractivity contribution in [1.82, 2.24) is 4.90 Å². The van der Waals surface area contributed by atoms with Gasteiger partial charge < -0.3 is 20.1 Å². The fourth-order valence-electron chi connectivity index (χ4n) is 2.45. The third-order valence-electron chi connectivity index (χ3n) is 3.64. The summed E-state index contributed by atoms with van der Waals surface area (Å²) in [5.41, 5.74) is 7.04. The molecule has 1 aromatic carbocycles. The molecule has 0 radical (unpaired) electrons. The first-order chi connectivity index (χ1) is 10.3. The number of likely N-dealkylation sites (tertiary alicyclic amines) is 1. The van der Waals surface area contributed by atoms with Gasteiger partial charge in [-0.05, 0) is 25.3 Å². The van der Waals surface area contributed by atoms with E-state index >= 15 is 0 Å². The molecule has 5 nitrogen and oxygen atoms in total. The summed E-state index contributed by atoms with van der Waals surface area (Å²) in [7, 11) is 1.67. The van der Waals surface area contributed by atoms with E-state index in [9.17, 15) is 0 Å². The predicted octanol–water partition coefficient (Wildman–Crippen LogP) is 2.01. The van der Waals surface area contributed by atoms with Crippen LogP contribution in [0.2, 0.25) is 0 Å². The zero-order valence-electron chi connectivity index (χ0n) is 12.8. The molecule has 1 heterocycles. The van der Waals surface area contributed by atoms with Gasteiger partial charge in [-0.15, -0.1) is 0 Å². The summed E-state index contributed by atoms with van der Waals surface area (Å²) < 4.78 is 10.9. The van der Waals surface area contributed by atoms with Crippen LogP contribution in [0.1, 0.15) is 24.8 Å². The number of nitrogens with two attached hydrogens (primary N) is 1. The molecule has 2 rings (SSSR count). The van der Waals surface area contributed by atoms with Gasteiger partial charge in [-0.25, -0.2) is 0 Å². The minimum atomic E-state index is 0.531. The third-order valence-corrected chi connectivity index (χ3v) is 3.64. The standard InChI is InChI=1S/C16H25N3O2/c1-20-15-8-4-3-7-14(15)13-21-12-9-18-16(17)19-10-5-2-6-11-19/h3-4,7-8H,2,5-6,9-13H2,1H3,(H2,17,18). The van der Waals surface area contributed by atoms with Crippen molar-refractivity contribution in [2.75, 3.05) is 33.4 Å². The second kappa shape index (κ2) is 8.52. The zero-order chi connectivity index (χ0) is 14.9. The Kier molecular flexibility index (Phi) is 6.34. The molecule has 2 N–H and O–H groups in total. The van der Waals surface area contributed by atoms with Gasteiger partial charge in [0.05, 0.1) is 26.9 Å². The van der Waals surface area contributed by atoms with Gasteiger partial charge in [0, 0.05) is 18.7 Å². The van der Waals surface area contributed by atoms with E-state index in [-0.39, 0.29) is 0 Å². The lowest BCUT2D eigenvalue weighted by molar-refractivity contribution is 0.126. The van der Waals surface area contributed by atoms with Gasteiger partial charge in [-0.1, -0.05) is 18.2 Å². The van der Waals surface area contributed by atoms with Gasteiger partial charge in [0.25, 0.3) is 0 Å². The molecule has 0 spiro atoms. The van der Waals surface area contributed by atoms with E-state index in [0.717, 1.165) is 24.4 Å². The highest BCUT2D eigenvalue weighted by molar-refractivity contribution is 5.78. The van der Waals surface area contributed by atoms with Crippen molar-refractivity contribution in [3.63, 3.8) is 0 Å². The molecule has 1 aliphatic rings. The highest BCUT2D eigenvalue weighted by atomic mass is 16.5. The maximum atomic E-state index is 5.99. The Morgan fingerprint density at radius 1 is 1.24 bits per heavy atom. The van der Waals surface area contributed by atoms with Crippen LogP contribution in [-0.2, 0) is 11.3 Å². The SMILES string of the molecule is COc1ccccc1COCCN=C(N)N1CCCCC1. The number of nitrogens with zero attached hydrogens (tertiary/aromatic N) is 2. The average molecular weight is 291 g/mol. The lowest BCUT2D eigenvalue weighted by atomic mass is 10.1. The van der Waals surface area contributed by atoms with Crippen LogP contribution in [0.15, 0.2) is 29.3 Å². The number of guanidine groups is 1. The third kappa shape index (κ3) is 4.93. The van der Waals surface area contributed by atoms with Crippen LogP contribution < -0.4 is 10.5 Å². The molecule has 0 aliphatic carbocycles. The molecule has 1 aliphatic heterocycles. The molecule has 0 aromatic heterocycles. The number of piperidine rings is 1. The molecule has 0 amide bonds. The number of aliphatic imine (C=N–C) groups is 1. The van der Waals surface area contributed by atoms with Crippen molar-refractivity contribution in [3.8, 4) is 5.75 Å². The minimum absolute atomic E-state index is 0.531. The van der Waals surface area contributed by atoms with Crippen LogP contribution in [0, 0.1) is 0 Å². The number of hydrogen-bond donors (Lipinski definition) is 1. The minimum Gasteiger partial charge on any atom is -0.496 e. The number of rotatable bonds is 6. The van der Waals surface area contributed by atoms with E-state index in [1.807, 2.05) is 24.3 Å². The molecule has 116 valence electrons. The van der Waals surface area contributed by atoms with Crippen molar-refractivity contribution in [3.05, 3.63) is 29.8 Å². The van der Waals surface area contributed by atoms with Gasteiger partial charge >= 0.3 is 0 Å². The molecular formula is C16H25N3O2. The number of para-hydroxylation sites is 1. The van der Waals surface area contributed by atoms with Gasteiger partial charge in [0.15, 0.2) is 5.96 Å². The Balaban J connectivity index is 1.69. The van der Waals surface area contributed by atoms with Crippen LogP contribution in [0.4, 0.5) is 0 Å². The van der Waals surface area contributed by atoms with Crippen LogP contribution in [-0.4, -0.2) is 44.2 Å². The first-order valence-electron chi connectivity index (χ1n) is 7.56. The maximum Gasteiger partial charge on any atom is 0.191 e. The Morgan fingerprint density at radius 2 is 2.00 bits per heavy atom. The number of benzene rings is 1. The highest BCUT2D eigenvalue weighted by Gasteiger charge is 2.11. The van der Waals surface area contributed by atoms with E-state index in [2.05, 4.69) is 9.89 Å². The van der Waals surface area contributed by atoms with Gasteiger partial charge in [0.1, 0.15) is 5.75 Å². The predicted molar refractivity (Wildman–Crippen MR) is 84.6 cm³/mol. The molecule has 21 heavy (non-hydrogen) atoms. The molecular weight excluding hydrogens is 266 g/mol. The molecule has 5 heteroatoms. The number of methoxy groups -OCH3 is 1. The largest absolute Gasteiger partial charge is 0.496 e. The molecule has 1 aromatic rings. The molecule has 1 fully saturated rings. The van der Waals surface area contributed by atoms with Crippen LogP contribution in [0.5, 0.6) is 5.75 Å². The van der Waals surface area contributed by atoms with E-state index in [4.69, 9.17) is 15.2 Å². The molecule has 1 saturated heterocycles. The normalized spacial score (nSPS) is 16.0. The van der Waals surface area contributed by atoms with Crippen molar-refractivity contribution < 1.29 is 9.47 Å². The first-order valence-corrected chi connectivity index (χ1v) is 7.56. The smallest absolute Gasteiger partial charge is 0.191 e. The second-order valence-corrected chi connectivity index (χ2v) is 5.15. The molecule has 0 unspecified atom stereocenters. The Morgan fingerprint density at radius 3 is 2.76 bits per heavy atom. The number of hydrogen-bond acceptors (Lipinski definition) is 3. The zero-order valence-corrected chi connectivity index (χ0v) is 12.8. The van der Waals surface area contributed by atoms with Crippen molar-refractivity contribution in [2.45, 2.75) is 25.9 Å². The fourth-order valence-corrected chi connectivity index (χ4v) is 2.45. The van der Waals surface area contributed by atoms with E-state index in [1.165, 1.54) is 19.3 Å². The van der Waals surface area contributed by atoms with E-state index < -0.39 is 0 Å². The maximum absolute atomic E-state index is 5.99. The lowest BCUT2D eigenvalue weighted by Crippen LogP contribution is -2.41. The molecule has 0 atom stereocenters. The first kappa shape index (κ1) is 15.6. The monoisotopic (exact) mass is 291 g/mol. The van der Waals surface area contributed by atoms with E-state index in [1.54, 1.807) is 7.11 Å². The second-order valence-electron chi connectivity index (χ2n) is 5.15. The Bertz CT molecular complexity index is 457.